The first kappa shape index (κ1) is 13.7. The van der Waals surface area contributed by atoms with Crippen LogP contribution in [0.15, 0.2) is 0 Å². The molecule has 0 aromatic carbocycles. The molecule has 0 fully saturated rings. The fourth-order valence-corrected chi connectivity index (χ4v) is 0.518. The van der Waals surface area contributed by atoms with Gasteiger partial charge in [0.2, 0.25) is 0 Å². The summed E-state index contributed by atoms with van der Waals surface area (Å²) in [6.07, 6.45) is 2.62. The van der Waals surface area contributed by atoms with Gasteiger partial charge in [0.25, 0.3) is 6.47 Å². The van der Waals surface area contributed by atoms with Crippen LogP contribution in [0, 0.1) is 0 Å². The highest BCUT2D eigenvalue weighted by molar-refractivity contribution is 5.75. The number of carbonyl (C=O) groups is 2. The minimum absolute atomic E-state index is 0.289. The summed E-state index contributed by atoms with van der Waals surface area (Å²) in [7, 11) is 0. The zero-order valence-electron chi connectivity index (χ0n) is 8.13. The molecule has 0 spiro atoms. The monoisotopic (exact) mass is 174 g/mol. The SMILES string of the molecule is CCCC(C)=O.CCCOC=O. The fraction of sp³-hybridized carbons (Fsp3) is 0.778. The molecule has 0 saturated carbocycles. The molecule has 0 radical (unpaired) electrons. The largest absolute Gasteiger partial charge is 0.468 e. The van der Waals surface area contributed by atoms with E-state index in [1.165, 1.54) is 0 Å². The lowest BCUT2D eigenvalue weighted by Gasteiger charge is -1.86. The number of ketones is 1. The summed E-state index contributed by atoms with van der Waals surface area (Å²) in [5.74, 6) is 0.289. The minimum Gasteiger partial charge on any atom is -0.468 e. The average Bonchev–Trinajstić information content (AvgIpc) is 2.02. The Labute approximate surface area is 74.1 Å². The van der Waals surface area contributed by atoms with Crippen LogP contribution in [0.4, 0.5) is 0 Å². The molecule has 0 amide bonds. The molecule has 0 aliphatic heterocycles. The van der Waals surface area contributed by atoms with Gasteiger partial charge in [0.15, 0.2) is 0 Å². The van der Waals surface area contributed by atoms with Crippen LogP contribution < -0.4 is 0 Å². The van der Waals surface area contributed by atoms with E-state index < -0.39 is 0 Å². The predicted molar refractivity (Wildman–Crippen MR) is 47.9 cm³/mol. The fourth-order valence-electron chi connectivity index (χ4n) is 0.518. The Kier molecular flexibility index (Phi) is 14.6. The maximum absolute atomic E-state index is 10.0. The van der Waals surface area contributed by atoms with Gasteiger partial charge in [-0.1, -0.05) is 13.8 Å². The highest BCUT2D eigenvalue weighted by atomic mass is 16.5. The van der Waals surface area contributed by atoms with Crippen LogP contribution >= 0.6 is 0 Å². The number of ether oxygens (including phenoxy) is 1. The molecule has 0 aliphatic rings. The van der Waals surface area contributed by atoms with E-state index in [2.05, 4.69) is 4.74 Å². The molecule has 0 bridgehead atoms. The number of hydrogen-bond donors (Lipinski definition) is 0. The zero-order valence-corrected chi connectivity index (χ0v) is 8.13. The molecule has 3 nitrogen and oxygen atoms in total. The molecule has 3 heteroatoms. The Morgan fingerprint density at radius 2 is 1.92 bits per heavy atom. The first-order valence-electron chi connectivity index (χ1n) is 4.23. The number of Topliss-reactive ketones (excluding diaryl/α,β-unsaturated/α-hetero) is 1. The molecule has 0 unspecified atom stereocenters. The van der Waals surface area contributed by atoms with Crippen molar-refractivity contribution in [3.63, 3.8) is 0 Å². The summed E-state index contributed by atoms with van der Waals surface area (Å²) in [4.78, 5) is 19.4. The van der Waals surface area contributed by atoms with E-state index in [0.717, 1.165) is 19.3 Å². The van der Waals surface area contributed by atoms with E-state index in [0.29, 0.717) is 13.1 Å². The standard InChI is InChI=1S/C5H10O.C4H8O2/c1-3-4-5(2)6;1-2-3-6-4-5/h3-4H2,1-2H3;4H,2-3H2,1H3. The van der Waals surface area contributed by atoms with Gasteiger partial charge in [-0.3, -0.25) is 4.79 Å². The molecule has 0 rings (SSSR count). The Morgan fingerprint density at radius 3 is 2.00 bits per heavy atom. The summed E-state index contributed by atoms with van der Waals surface area (Å²) in [5, 5.41) is 0. The summed E-state index contributed by atoms with van der Waals surface area (Å²) in [5.41, 5.74) is 0. The van der Waals surface area contributed by atoms with E-state index >= 15 is 0 Å². The lowest BCUT2D eigenvalue weighted by Crippen LogP contribution is -1.86. The van der Waals surface area contributed by atoms with Crippen molar-refractivity contribution in [1.82, 2.24) is 0 Å². The Hall–Kier alpha value is -0.860. The molecule has 0 aromatic rings. The summed E-state index contributed by atoms with van der Waals surface area (Å²) in [6.45, 7) is 6.57. The second kappa shape index (κ2) is 12.8. The van der Waals surface area contributed by atoms with Gasteiger partial charge in [-0.05, 0) is 19.8 Å². The van der Waals surface area contributed by atoms with Crippen molar-refractivity contribution in [2.45, 2.75) is 40.0 Å². The number of rotatable bonds is 5. The van der Waals surface area contributed by atoms with Crippen LogP contribution in [0.5, 0.6) is 0 Å². The Balaban J connectivity index is 0. The van der Waals surface area contributed by atoms with Crippen LogP contribution in [0.25, 0.3) is 0 Å². The molecule has 0 heterocycles. The van der Waals surface area contributed by atoms with Crippen LogP contribution in [-0.4, -0.2) is 18.9 Å². The topological polar surface area (TPSA) is 43.4 Å². The van der Waals surface area contributed by atoms with Crippen molar-refractivity contribution in [2.75, 3.05) is 6.61 Å². The molecular weight excluding hydrogens is 156 g/mol. The van der Waals surface area contributed by atoms with Crippen molar-refractivity contribution < 1.29 is 14.3 Å². The predicted octanol–water partition coefficient (Wildman–Crippen LogP) is 1.94. The third kappa shape index (κ3) is 22.9. The van der Waals surface area contributed by atoms with Crippen molar-refractivity contribution in [1.29, 1.82) is 0 Å². The van der Waals surface area contributed by atoms with Gasteiger partial charge in [-0.15, -0.1) is 0 Å². The van der Waals surface area contributed by atoms with Gasteiger partial charge in [-0.2, -0.15) is 0 Å². The second-order valence-corrected chi connectivity index (χ2v) is 2.42. The molecule has 0 saturated heterocycles. The first-order chi connectivity index (χ1) is 5.68. The van der Waals surface area contributed by atoms with Crippen molar-refractivity contribution >= 4 is 12.3 Å². The minimum atomic E-state index is 0.289. The molecule has 0 aromatic heterocycles. The Bertz CT molecular complexity index is 110. The third-order valence-corrected chi connectivity index (χ3v) is 0.992. The highest BCUT2D eigenvalue weighted by Crippen LogP contribution is 1.84. The van der Waals surface area contributed by atoms with Crippen LogP contribution in [0.2, 0.25) is 0 Å². The highest BCUT2D eigenvalue weighted by Gasteiger charge is 1.83. The lowest BCUT2D eigenvalue weighted by atomic mass is 10.3. The van der Waals surface area contributed by atoms with Crippen molar-refractivity contribution in [3.05, 3.63) is 0 Å². The van der Waals surface area contributed by atoms with Gasteiger partial charge < -0.3 is 9.53 Å². The lowest BCUT2D eigenvalue weighted by molar-refractivity contribution is -0.128. The van der Waals surface area contributed by atoms with E-state index in [9.17, 15) is 9.59 Å². The van der Waals surface area contributed by atoms with Gasteiger partial charge in [-0.25, -0.2) is 0 Å². The van der Waals surface area contributed by atoms with Gasteiger partial charge >= 0.3 is 0 Å². The normalized spacial score (nSPS) is 7.92. The molecule has 0 aliphatic carbocycles. The number of carbonyl (C=O) groups excluding carboxylic acids is 2. The first-order valence-corrected chi connectivity index (χ1v) is 4.23. The summed E-state index contributed by atoms with van der Waals surface area (Å²) in [6, 6.07) is 0. The zero-order chi connectivity index (χ0) is 9.82. The maximum Gasteiger partial charge on any atom is 0.293 e. The van der Waals surface area contributed by atoms with Crippen LogP contribution in [0.3, 0.4) is 0 Å². The molecular formula is C9H18O3. The van der Waals surface area contributed by atoms with Crippen molar-refractivity contribution in [3.8, 4) is 0 Å². The Morgan fingerprint density at radius 1 is 1.33 bits per heavy atom. The van der Waals surface area contributed by atoms with E-state index in [1.807, 2.05) is 13.8 Å². The van der Waals surface area contributed by atoms with Gasteiger partial charge in [0.1, 0.15) is 5.78 Å². The molecule has 12 heavy (non-hydrogen) atoms. The summed E-state index contributed by atoms with van der Waals surface area (Å²) >= 11 is 0. The molecule has 0 N–H and O–H groups in total. The van der Waals surface area contributed by atoms with Crippen molar-refractivity contribution in [2.24, 2.45) is 0 Å². The second-order valence-electron chi connectivity index (χ2n) is 2.42. The third-order valence-electron chi connectivity index (χ3n) is 0.992. The molecule has 0 atom stereocenters. The smallest absolute Gasteiger partial charge is 0.293 e. The quantitative estimate of drug-likeness (QED) is 0.472. The van der Waals surface area contributed by atoms with E-state index in [1.54, 1.807) is 6.92 Å². The van der Waals surface area contributed by atoms with E-state index in [4.69, 9.17) is 0 Å². The van der Waals surface area contributed by atoms with Gasteiger partial charge in [0, 0.05) is 6.42 Å². The number of hydrogen-bond acceptors (Lipinski definition) is 3. The molecule has 72 valence electrons. The van der Waals surface area contributed by atoms with Gasteiger partial charge in [0.05, 0.1) is 6.61 Å². The van der Waals surface area contributed by atoms with E-state index in [-0.39, 0.29) is 5.78 Å². The van der Waals surface area contributed by atoms with Crippen LogP contribution in [0.1, 0.15) is 40.0 Å². The maximum atomic E-state index is 10.0. The summed E-state index contributed by atoms with van der Waals surface area (Å²) < 4.78 is 4.30. The average molecular weight is 174 g/mol. The van der Waals surface area contributed by atoms with Crippen LogP contribution in [-0.2, 0) is 14.3 Å².